The van der Waals surface area contributed by atoms with Crippen molar-refractivity contribution in [3.63, 3.8) is 0 Å². The molecule has 0 bridgehead atoms. The van der Waals surface area contributed by atoms with Crippen LogP contribution in [0, 0.1) is 0 Å². The van der Waals surface area contributed by atoms with Crippen LogP contribution >= 0.6 is 0 Å². The van der Waals surface area contributed by atoms with E-state index in [1.165, 1.54) is 10.9 Å². The second kappa shape index (κ2) is 7.02. The Morgan fingerprint density at radius 1 is 0.750 bits per heavy atom. The first kappa shape index (κ1) is 15.2. The Labute approximate surface area is 143 Å². The van der Waals surface area contributed by atoms with Crippen molar-refractivity contribution in [3.8, 4) is 0 Å². The molecule has 2 aromatic carbocycles. The highest BCUT2D eigenvalue weighted by Gasteiger charge is 2.17. The van der Waals surface area contributed by atoms with Crippen LogP contribution < -0.4 is 4.90 Å². The average molecular weight is 317 g/mol. The predicted octanol–water partition coefficient (Wildman–Crippen LogP) is 3.60. The summed E-state index contributed by atoms with van der Waals surface area (Å²) in [4.78, 5) is 9.79. The molecule has 3 aromatic rings. The van der Waals surface area contributed by atoms with E-state index in [0.29, 0.717) is 0 Å². The fraction of sp³-hybridized carbons (Fsp3) is 0.286. The van der Waals surface area contributed by atoms with Crippen LogP contribution in [0.5, 0.6) is 0 Å². The first-order valence-corrected chi connectivity index (χ1v) is 8.75. The molecule has 1 saturated heterocycles. The quantitative estimate of drug-likeness (QED) is 0.733. The van der Waals surface area contributed by atoms with Crippen LogP contribution in [0.3, 0.4) is 0 Å². The second-order valence-corrected chi connectivity index (χ2v) is 6.43. The van der Waals surface area contributed by atoms with Crippen LogP contribution in [-0.2, 0) is 6.42 Å². The summed E-state index contributed by atoms with van der Waals surface area (Å²) in [6.45, 7) is 5.48. The maximum atomic E-state index is 4.82. The number of aromatic nitrogens is 1. The number of rotatable bonds is 4. The van der Waals surface area contributed by atoms with Gasteiger partial charge in [-0.25, -0.2) is 4.98 Å². The molecule has 1 aliphatic rings. The first-order chi connectivity index (χ1) is 11.9. The molecule has 24 heavy (non-hydrogen) atoms. The SMILES string of the molecule is c1ccc(CCN2CCN(c3ccc4ccccc4n3)CC2)cc1. The zero-order chi connectivity index (χ0) is 16.2. The number of fused-ring (bicyclic) bond motifs is 1. The van der Waals surface area contributed by atoms with Crippen LogP contribution in [-0.4, -0.2) is 42.6 Å². The third-order valence-electron chi connectivity index (χ3n) is 4.84. The third kappa shape index (κ3) is 3.41. The molecule has 0 saturated carbocycles. The second-order valence-electron chi connectivity index (χ2n) is 6.43. The highest BCUT2D eigenvalue weighted by molar-refractivity contribution is 5.80. The van der Waals surface area contributed by atoms with E-state index in [4.69, 9.17) is 4.98 Å². The lowest BCUT2D eigenvalue weighted by Gasteiger charge is -2.35. The Hall–Kier alpha value is -2.39. The summed E-state index contributed by atoms with van der Waals surface area (Å²) in [7, 11) is 0. The summed E-state index contributed by atoms with van der Waals surface area (Å²) in [5, 5.41) is 1.21. The van der Waals surface area contributed by atoms with Gasteiger partial charge in [0.2, 0.25) is 0 Å². The maximum Gasteiger partial charge on any atom is 0.129 e. The maximum absolute atomic E-state index is 4.82. The number of anilines is 1. The van der Waals surface area contributed by atoms with Crippen LogP contribution in [0.4, 0.5) is 5.82 Å². The number of pyridine rings is 1. The molecule has 0 aliphatic carbocycles. The van der Waals surface area contributed by atoms with E-state index in [0.717, 1.165) is 50.5 Å². The Kier molecular flexibility index (Phi) is 4.43. The number of hydrogen-bond acceptors (Lipinski definition) is 3. The lowest BCUT2D eigenvalue weighted by molar-refractivity contribution is 0.260. The van der Waals surface area contributed by atoms with Crippen molar-refractivity contribution in [1.29, 1.82) is 0 Å². The minimum absolute atomic E-state index is 1.06. The Bertz CT molecular complexity index is 792. The molecule has 122 valence electrons. The Balaban J connectivity index is 1.35. The molecule has 1 aliphatic heterocycles. The highest BCUT2D eigenvalue weighted by atomic mass is 15.3. The molecular weight excluding hydrogens is 294 g/mol. The lowest BCUT2D eigenvalue weighted by Crippen LogP contribution is -2.47. The van der Waals surface area contributed by atoms with Gasteiger partial charge >= 0.3 is 0 Å². The number of benzene rings is 2. The van der Waals surface area contributed by atoms with Crippen LogP contribution in [0.25, 0.3) is 10.9 Å². The fourth-order valence-electron chi connectivity index (χ4n) is 3.36. The van der Waals surface area contributed by atoms with Gasteiger partial charge in [-0.15, -0.1) is 0 Å². The minimum Gasteiger partial charge on any atom is -0.354 e. The standard InChI is InChI=1S/C21H23N3/c1-2-6-18(7-3-1)12-13-23-14-16-24(17-15-23)21-11-10-19-8-4-5-9-20(19)22-21/h1-11H,12-17H2. The van der Waals surface area contributed by atoms with Crippen molar-refractivity contribution < 1.29 is 0 Å². The molecular formula is C21H23N3. The number of para-hydroxylation sites is 1. The van der Waals surface area contributed by atoms with E-state index in [2.05, 4.69) is 76.5 Å². The van der Waals surface area contributed by atoms with Gasteiger partial charge in [0.1, 0.15) is 5.82 Å². The van der Waals surface area contributed by atoms with Crippen molar-refractivity contribution >= 4 is 16.7 Å². The molecule has 3 heteroatoms. The summed E-state index contributed by atoms with van der Waals surface area (Å²) in [6, 6.07) is 23.4. The van der Waals surface area contributed by atoms with Gasteiger partial charge in [0.25, 0.3) is 0 Å². The molecule has 4 rings (SSSR count). The molecule has 0 unspecified atom stereocenters. The summed E-state index contributed by atoms with van der Waals surface area (Å²) in [5.74, 6) is 1.11. The topological polar surface area (TPSA) is 19.4 Å². The molecule has 1 fully saturated rings. The van der Waals surface area contributed by atoms with E-state index in [1.54, 1.807) is 0 Å². The molecule has 0 spiro atoms. The predicted molar refractivity (Wildman–Crippen MR) is 101 cm³/mol. The normalized spacial score (nSPS) is 15.8. The molecule has 2 heterocycles. The molecule has 0 N–H and O–H groups in total. The van der Waals surface area contributed by atoms with Gasteiger partial charge in [0.05, 0.1) is 5.52 Å². The number of piperazine rings is 1. The van der Waals surface area contributed by atoms with Crippen LogP contribution in [0.15, 0.2) is 66.7 Å². The minimum atomic E-state index is 1.06. The van der Waals surface area contributed by atoms with Gasteiger partial charge in [0.15, 0.2) is 0 Å². The summed E-state index contributed by atoms with van der Waals surface area (Å²) < 4.78 is 0. The zero-order valence-electron chi connectivity index (χ0n) is 13.9. The monoisotopic (exact) mass is 317 g/mol. The van der Waals surface area contributed by atoms with Gasteiger partial charge < -0.3 is 4.90 Å². The van der Waals surface area contributed by atoms with Crippen molar-refractivity contribution in [2.24, 2.45) is 0 Å². The summed E-state index contributed by atoms with van der Waals surface area (Å²) in [5.41, 5.74) is 2.51. The Morgan fingerprint density at radius 3 is 2.33 bits per heavy atom. The van der Waals surface area contributed by atoms with Crippen molar-refractivity contribution in [3.05, 3.63) is 72.3 Å². The van der Waals surface area contributed by atoms with Gasteiger partial charge in [-0.1, -0.05) is 48.5 Å². The van der Waals surface area contributed by atoms with Gasteiger partial charge in [-0.3, -0.25) is 4.90 Å². The number of hydrogen-bond donors (Lipinski definition) is 0. The van der Waals surface area contributed by atoms with Gasteiger partial charge in [-0.05, 0) is 30.2 Å². The van der Waals surface area contributed by atoms with Crippen molar-refractivity contribution in [2.45, 2.75) is 6.42 Å². The lowest BCUT2D eigenvalue weighted by atomic mass is 10.1. The largest absolute Gasteiger partial charge is 0.354 e. The third-order valence-corrected chi connectivity index (χ3v) is 4.84. The number of nitrogens with zero attached hydrogens (tertiary/aromatic N) is 3. The van der Waals surface area contributed by atoms with E-state index < -0.39 is 0 Å². The van der Waals surface area contributed by atoms with E-state index in [9.17, 15) is 0 Å². The van der Waals surface area contributed by atoms with Crippen molar-refractivity contribution in [1.82, 2.24) is 9.88 Å². The van der Waals surface area contributed by atoms with Crippen molar-refractivity contribution in [2.75, 3.05) is 37.6 Å². The van der Waals surface area contributed by atoms with E-state index >= 15 is 0 Å². The fourth-order valence-corrected chi connectivity index (χ4v) is 3.36. The summed E-state index contributed by atoms with van der Waals surface area (Å²) in [6.07, 6.45) is 1.13. The van der Waals surface area contributed by atoms with Crippen LogP contribution in [0.1, 0.15) is 5.56 Å². The average Bonchev–Trinajstić information content (AvgIpc) is 2.67. The smallest absolute Gasteiger partial charge is 0.129 e. The van der Waals surface area contributed by atoms with Gasteiger partial charge in [-0.2, -0.15) is 0 Å². The molecule has 3 nitrogen and oxygen atoms in total. The first-order valence-electron chi connectivity index (χ1n) is 8.75. The van der Waals surface area contributed by atoms with E-state index in [-0.39, 0.29) is 0 Å². The highest BCUT2D eigenvalue weighted by Crippen LogP contribution is 2.19. The molecule has 0 atom stereocenters. The van der Waals surface area contributed by atoms with Crippen LogP contribution in [0.2, 0.25) is 0 Å². The molecule has 1 aromatic heterocycles. The van der Waals surface area contributed by atoms with Gasteiger partial charge in [0, 0.05) is 38.1 Å². The van der Waals surface area contributed by atoms with E-state index in [1.807, 2.05) is 0 Å². The molecule has 0 amide bonds. The Morgan fingerprint density at radius 2 is 1.50 bits per heavy atom. The molecule has 0 radical (unpaired) electrons. The zero-order valence-corrected chi connectivity index (χ0v) is 13.9. The summed E-state index contributed by atoms with van der Waals surface area (Å²) >= 11 is 0.